The van der Waals surface area contributed by atoms with E-state index in [-0.39, 0.29) is 30.2 Å². The molecule has 2 heterocycles. The quantitative estimate of drug-likeness (QED) is 0.749. The van der Waals surface area contributed by atoms with Gasteiger partial charge in [-0.1, -0.05) is 41.7 Å². The molecule has 1 aromatic carbocycles. The number of ether oxygens (including phenoxy) is 1. The van der Waals surface area contributed by atoms with Gasteiger partial charge in [-0.25, -0.2) is 0 Å². The zero-order valence-electron chi connectivity index (χ0n) is 15.6. The molecule has 0 spiro atoms. The van der Waals surface area contributed by atoms with Crippen LogP contribution in [0.25, 0.3) is 0 Å². The summed E-state index contributed by atoms with van der Waals surface area (Å²) in [5.74, 6) is -0.560. The lowest BCUT2D eigenvalue weighted by Crippen LogP contribution is -2.38. The fourth-order valence-electron chi connectivity index (χ4n) is 3.17. The average molecular weight is 388 g/mol. The number of anilines is 1. The summed E-state index contributed by atoms with van der Waals surface area (Å²) < 4.78 is 5.10. The Balaban J connectivity index is 1.51. The molecule has 7 nitrogen and oxygen atoms in total. The van der Waals surface area contributed by atoms with E-state index in [9.17, 15) is 9.59 Å². The summed E-state index contributed by atoms with van der Waals surface area (Å²) in [6.07, 6.45) is 1.88. The van der Waals surface area contributed by atoms with Gasteiger partial charge >= 0.3 is 0 Å². The first-order chi connectivity index (χ1) is 13.1. The van der Waals surface area contributed by atoms with Crippen LogP contribution in [-0.4, -0.2) is 53.2 Å². The number of hydrogen-bond donors (Lipinski definition) is 1. The smallest absolute Gasteiger partial charge is 0.231 e. The van der Waals surface area contributed by atoms with Crippen LogP contribution in [0.2, 0.25) is 0 Å². The van der Waals surface area contributed by atoms with E-state index in [0.29, 0.717) is 18.3 Å². The molecule has 0 saturated carbocycles. The zero-order valence-corrected chi connectivity index (χ0v) is 16.4. The molecule has 1 saturated heterocycles. The van der Waals surface area contributed by atoms with Crippen LogP contribution in [0.1, 0.15) is 23.9 Å². The first kappa shape index (κ1) is 19.4. The number of benzene rings is 1. The van der Waals surface area contributed by atoms with E-state index in [1.165, 1.54) is 16.9 Å². The molecule has 0 unspecified atom stereocenters. The Morgan fingerprint density at radius 1 is 1.33 bits per heavy atom. The molecule has 1 aliphatic heterocycles. The van der Waals surface area contributed by atoms with Gasteiger partial charge in [0.25, 0.3) is 0 Å². The summed E-state index contributed by atoms with van der Waals surface area (Å²) in [7, 11) is 1.60. The van der Waals surface area contributed by atoms with Gasteiger partial charge < -0.3 is 15.0 Å². The van der Waals surface area contributed by atoms with Gasteiger partial charge in [0.15, 0.2) is 0 Å². The van der Waals surface area contributed by atoms with Crippen molar-refractivity contribution in [1.82, 2.24) is 15.1 Å². The summed E-state index contributed by atoms with van der Waals surface area (Å²) in [5, 5.41) is 12.4. The molecule has 8 heteroatoms. The summed E-state index contributed by atoms with van der Waals surface area (Å²) in [6, 6.07) is 10.1. The fourth-order valence-corrected chi connectivity index (χ4v) is 3.92. The molecule has 0 radical (unpaired) electrons. The predicted octanol–water partition coefficient (Wildman–Crippen LogP) is 2.15. The number of nitrogens with one attached hydrogen (secondary N) is 1. The van der Waals surface area contributed by atoms with Gasteiger partial charge in [-0.3, -0.25) is 9.59 Å². The molecule has 2 atom stereocenters. The van der Waals surface area contributed by atoms with Crippen molar-refractivity contribution in [2.75, 3.05) is 25.6 Å². The SMILES string of the molecule is COC[C@@H](C)N1C[C@@H](C(=O)Nc2nnc(CCc3ccccc3)s2)CC1=O. The summed E-state index contributed by atoms with van der Waals surface area (Å²) in [6.45, 7) is 2.79. The second kappa shape index (κ2) is 9.05. The molecule has 2 amide bonds. The standard InChI is InChI=1S/C19H24N4O3S/c1-13(12-26-2)23-11-15(10-17(23)24)18(25)20-19-22-21-16(27-19)9-8-14-6-4-3-5-7-14/h3-7,13,15H,8-12H2,1-2H3,(H,20,22,25)/t13-,15+/m1/s1. The highest BCUT2D eigenvalue weighted by molar-refractivity contribution is 7.15. The Kier molecular flexibility index (Phi) is 6.52. The minimum Gasteiger partial charge on any atom is -0.383 e. The van der Waals surface area contributed by atoms with Gasteiger partial charge in [0.1, 0.15) is 5.01 Å². The summed E-state index contributed by atoms with van der Waals surface area (Å²) in [4.78, 5) is 26.3. The van der Waals surface area contributed by atoms with E-state index in [4.69, 9.17) is 4.74 Å². The molecule has 0 bridgehead atoms. The number of nitrogens with zero attached hydrogens (tertiary/aromatic N) is 3. The fraction of sp³-hybridized carbons (Fsp3) is 0.474. The number of aromatic nitrogens is 2. The van der Waals surface area contributed by atoms with Crippen LogP contribution in [0.3, 0.4) is 0 Å². The van der Waals surface area contributed by atoms with E-state index >= 15 is 0 Å². The molecule has 144 valence electrons. The van der Waals surface area contributed by atoms with E-state index < -0.39 is 0 Å². The number of hydrogen-bond acceptors (Lipinski definition) is 6. The van der Waals surface area contributed by atoms with Gasteiger partial charge in [-0.05, 0) is 18.9 Å². The van der Waals surface area contributed by atoms with E-state index in [0.717, 1.165) is 17.8 Å². The van der Waals surface area contributed by atoms with Crippen molar-refractivity contribution in [2.24, 2.45) is 5.92 Å². The number of carbonyl (C=O) groups is 2. The van der Waals surface area contributed by atoms with Crippen molar-refractivity contribution in [3.05, 3.63) is 40.9 Å². The zero-order chi connectivity index (χ0) is 19.2. The topological polar surface area (TPSA) is 84.4 Å². The van der Waals surface area contributed by atoms with Gasteiger partial charge in [-0.15, -0.1) is 10.2 Å². The number of amides is 2. The largest absolute Gasteiger partial charge is 0.383 e. The summed E-state index contributed by atoms with van der Waals surface area (Å²) >= 11 is 1.38. The first-order valence-electron chi connectivity index (χ1n) is 9.02. The normalized spacial score (nSPS) is 17.9. The Morgan fingerprint density at radius 2 is 2.11 bits per heavy atom. The molecule has 27 heavy (non-hydrogen) atoms. The molecule has 2 aromatic rings. The predicted molar refractivity (Wildman–Crippen MR) is 104 cm³/mol. The van der Waals surface area contributed by atoms with Crippen LogP contribution in [0.4, 0.5) is 5.13 Å². The van der Waals surface area contributed by atoms with Crippen LogP contribution in [0.15, 0.2) is 30.3 Å². The number of methoxy groups -OCH3 is 1. The monoisotopic (exact) mass is 388 g/mol. The highest BCUT2D eigenvalue weighted by Gasteiger charge is 2.36. The maximum atomic E-state index is 12.5. The number of carbonyl (C=O) groups excluding carboxylic acids is 2. The van der Waals surface area contributed by atoms with Crippen molar-refractivity contribution in [3.63, 3.8) is 0 Å². The molecule has 1 aliphatic rings. The Bertz CT molecular complexity index is 780. The van der Waals surface area contributed by atoms with Crippen LogP contribution in [-0.2, 0) is 27.2 Å². The maximum Gasteiger partial charge on any atom is 0.231 e. The number of likely N-dealkylation sites (tertiary alicyclic amines) is 1. The van der Waals surface area contributed by atoms with Crippen molar-refractivity contribution >= 4 is 28.3 Å². The molecule has 1 aromatic heterocycles. The van der Waals surface area contributed by atoms with Crippen molar-refractivity contribution in [2.45, 2.75) is 32.2 Å². The Hall–Kier alpha value is -2.32. The lowest BCUT2D eigenvalue weighted by atomic mass is 10.1. The van der Waals surface area contributed by atoms with Gasteiger partial charge in [0.05, 0.1) is 18.6 Å². The Labute approximate surface area is 162 Å². The summed E-state index contributed by atoms with van der Waals surface area (Å²) in [5.41, 5.74) is 1.24. The second-order valence-electron chi connectivity index (χ2n) is 6.73. The minimum absolute atomic E-state index is 0.0134. The van der Waals surface area contributed by atoms with Crippen LogP contribution >= 0.6 is 11.3 Å². The highest BCUT2D eigenvalue weighted by Crippen LogP contribution is 2.23. The van der Waals surface area contributed by atoms with Gasteiger partial charge in [0.2, 0.25) is 16.9 Å². The third kappa shape index (κ3) is 5.11. The van der Waals surface area contributed by atoms with Gasteiger partial charge in [0, 0.05) is 26.5 Å². The van der Waals surface area contributed by atoms with Crippen molar-refractivity contribution < 1.29 is 14.3 Å². The van der Waals surface area contributed by atoms with Crippen molar-refractivity contribution in [3.8, 4) is 0 Å². The third-order valence-corrected chi connectivity index (χ3v) is 5.53. The van der Waals surface area contributed by atoms with E-state index in [2.05, 4.69) is 27.6 Å². The van der Waals surface area contributed by atoms with Gasteiger partial charge in [-0.2, -0.15) is 0 Å². The number of aryl methyl sites for hydroxylation is 2. The second-order valence-corrected chi connectivity index (χ2v) is 7.79. The molecule has 1 fully saturated rings. The lowest BCUT2D eigenvalue weighted by Gasteiger charge is -2.23. The Morgan fingerprint density at radius 3 is 2.85 bits per heavy atom. The molecule has 3 rings (SSSR count). The molecular formula is C19H24N4O3S. The van der Waals surface area contributed by atoms with E-state index in [1.807, 2.05) is 25.1 Å². The van der Waals surface area contributed by atoms with Crippen molar-refractivity contribution in [1.29, 1.82) is 0 Å². The lowest BCUT2D eigenvalue weighted by molar-refractivity contribution is -0.130. The highest BCUT2D eigenvalue weighted by atomic mass is 32.1. The van der Waals surface area contributed by atoms with Crippen LogP contribution in [0.5, 0.6) is 0 Å². The number of rotatable bonds is 8. The average Bonchev–Trinajstić information content (AvgIpc) is 3.27. The van der Waals surface area contributed by atoms with E-state index in [1.54, 1.807) is 12.0 Å². The molecule has 0 aliphatic carbocycles. The molecular weight excluding hydrogens is 364 g/mol. The third-order valence-electron chi connectivity index (χ3n) is 4.64. The first-order valence-corrected chi connectivity index (χ1v) is 9.84. The van der Waals surface area contributed by atoms with Crippen LogP contribution in [0, 0.1) is 5.92 Å². The minimum atomic E-state index is -0.367. The molecule has 1 N–H and O–H groups in total. The maximum absolute atomic E-state index is 12.5. The van der Waals surface area contributed by atoms with Crippen LogP contribution < -0.4 is 5.32 Å².